The Morgan fingerprint density at radius 1 is 1.30 bits per heavy atom. The minimum atomic E-state index is -0.232. The Labute approximate surface area is 117 Å². The van der Waals surface area contributed by atoms with Gasteiger partial charge in [-0.05, 0) is 18.1 Å². The number of benzene rings is 1. The second kappa shape index (κ2) is 6.86. The Morgan fingerprint density at radius 2 is 2.05 bits per heavy atom. The molecule has 0 saturated heterocycles. The number of aromatic nitrogens is 1. The highest BCUT2D eigenvalue weighted by Gasteiger charge is 2.07. The van der Waals surface area contributed by atoms with Crippen LogP contribution in [0.5, 0.6) is 0 Å². The van der Waals surface area contributed by atoms with Crippen molar-refractivity contribution in [3.05, 3.63) is 52.9 Å². The molecule has 0 saturated carbocycles. The van der Waals surface area contributed by atoms with Crippen LogP contribution in [-0.2, 0) is 29.0 Å². The van der Waals surface area contributed by atoms with Crippen LogP contribution >= 0.6 is 0 Å². The number of carbonyl (C=O) groups is 1. The molecule has 0 radical (unpaired) electrons. The van der Waals surface area contributed by atoms with Crippen LogP contribution in [0, 0.1) is 6.92 Å². The van der Waals surface area contributed by atoms with E-state index >= 15 is 0 Å². The summed E-state index contributed by atoms with van der Waals surface area (Å²) in [4.78, 5) is 11.4. The van der Waals surface area contributed by atoms with Crippen LogP contribution in [0.2, 0.25) is 0 Å². The zero-order valence-electron chi connectivity index (χ0n) is 11.7. The highest BCUT2D eigenvalue weighted by molar-refractivity contribution is 5.72. The predicted octanol–water partition coefficient (Wildman–Crippen LogP) is 1.99. The van der Waals surface area contributed by atoms with E-state index in [2.05, 4.69) is 10.5 Å². The molecule has 1 N–H and O–H groups in total. The Hall–Kier alpha value is -2.14. The van der Waals surface area contributed by atoms with E-state index < -0.39 is 0 Å². The highest BCUT2D eigenvalue weighted by atomic mass is 16.5. The molecule has 1 heterocycles. The van der Waals surface area contributed by atoms with E-state index in [1.54, 1.807) is 0 Å². The number of carbonyl (C=O) groups excluding carboxylic acids is 1. The topological polar surface area (TPSA) is 64.4 Å². The molecule has 2 aromatic rings. The minimum absolute atomic E-state index is 0.232. The molecule has 5 nitrogen and oxygen atoms in total. The summed E-state index contributed by atoms with van der Waals surface area (Å²) in [6.45, 7) is 3.16. The van der Waals surface area contributed by atoms with Gasteiger partial charge in [0.25, 0.3) is 0 Å². The summed E-state index contributed by atoms with van der Waals surface area (Å²) in [7, 11) is 1.40. The lowest BCUT2D eigenvalue weighted by Gasteiger charge is -2.09. The maximum Gasteiger partial charge on any atom is 0.309 e. The van der Waals surface area contributed by atoms with Crippen LogP contribution in [0.25, 0.3) is 0 Å². The quantitative estimate of drug-likeness (QED) is 0.816. The van der Waals surface area contributed by atoms with E-state index in [9.17, 15) is 4.79 Å². The SMILES string of the molecule is COC(=O)Cc1ccccc1CNCc1cc(C)on1. The third kappa shape index (κ3) is 3.93. The van der Waals surface area contributed by atoms with Gasteiger partial charge in [0.15, 0.2) is 0 Å². The number of hydrogen-bond donors (Lipinski definition) is 1. The first kappa shape index (κ1) is 14.3. The van der Waals surface area contributed by atoms with Crippen molar-refractivity contribution < 1.29 is 14.1 Å². The number of nitrogens with one attached hydrogen (secondary N) is 1. The number of hydrogen-bond acceptors (Lipinski definition) is 5. The number of esters is 1. The third-order valence-corrected chi connectivity index (χ3v) is 2.98. The van der Waals surface area contributed by atoms with E-state index in [0.29, 0.717) is 13.1 Å². The molecule has 0 atom stereocenters. The van der Waals surface area contributed by atoms with E-state index in [4.69, 9.17) is 9.26 Å². The van der Waals surface area contributed by atoms with Crippen LogP contribution in [-0.4, -0.2) is 18.2 Å². The summed E-state index contributed by atoms with van der Waals surface area (Å²) in [5, 5.41) is 7.21. The first-order valence-electron chi connectivity index (χ1n) is 6.45. The summed E-state index contributed by atoms with van der Waals surface area (Å²) in [5.74, 6) is 0.567. The molecule has 0 aliphatic carbocycles. The summed E-state index contributed by atoms with van der Waals surface area (Å²) < 4.78 is 9.71. The van der Waals surface area contributed by atoms with Crippen molar-refractivity contribution in [3.8, 4) is 0 Å². The molecule has 1 aromatic heterocycles. The number of ether oxygens (including phenoxy) is 1. The van der Waals surface area contributed by atoms with E-state index in [1.807, 2.05) is 37.3 Å². The molecule has 0 aliphatic rings. The molecule has 1 aromatic carbocycles. The Kier molecular flexibility index (Phi) is 4.90. The fourth-order valence-corrected chi connectivity index (χ4v) is 1.96. The number of aryl methyl sites for hydroxylation is 1. The van der Waals surface area contributed by atoms with Gasteiger partial charge < -0.3 is 14.6 Å². The minimum Gasteiger partial charge on any atom is -0.469 e. The molecule has 0 bridgehead atoms. The van der Waals surface area contributed by atoms with Gasteiger partial charge in [-0.3, -0.25) is 4.79 Å². The van der Waals surface area contributed by atoms with Gasteiger partial charge in [-0.1, -0.05) is 29.4 Å². The standard InChI is InChI=1S/C15H18N2O3/c1-11-7-14(17-20-11)10-16-9-13-6-4-3-5-12(13)8-15(18)19-2/h3-7,16H,8-10H2,1-2H3. The molecule has 2 rings (SSSR count). The van der Waals surface area contributed by atoms with Crippen LogP contribution in [0.4, 0.5) is 0 Å². The van der Waals surface area contributed by atoms with Gasteiger partial charge in [-0.25, -0.2) is 0 Å². The van der Waals surface area contributed by atoms with Gasteiger partial charge >= 0.3 is 5.97 Å². The van der Waals surface area contributed by atoms with Crippen molar-refractivity contribution in [3.63, 3.8) is 0 Å². The van der Waals surface area contributed by atoms with Crippen molar-refractivity contribution in [1.29, 1.82) is 0 Å². The Balaban J connectivity index is 1.93. The van der Waals surface area contributed by atoms with Crippen LogP contribution in [0.3, 0.4) is 0 Å². The van der Waals surface area contributed by atoms with Crippen molar-refractivity contribution in [2.24, 2.45) is 0 Å². The lowest BCUT2D eigenvalue weighted by molar-refractivity contribution is -0.139. The zero-order chi connectivity index (χ0) is 14.4. The smallest absolute Gasteiger partial charge is 0.309 e. The average Bonchev–Trinajstić information content (AvgIpc) is 2.86. The van der Waals surface area contributed by atoms with Crippen LogP contribution < -0.4 is 5.32 Å². The molecule has 0 unspecified atom stereocenters. The summed E-state index contributed by atoms with van der Waals surface area (Å²) in [6, 6.07) is 9.71. The lowest BCUT2D eigenvalue weighted by Crippen LogP contribution is -2.15. The maximum atomic E-state index is 11.4. The second-order valence-electron chi connectivity index (χ2n) is 4.55. The van der Waals surface area contributed by atoms with Crippen molar-refractivity contribution in [1.82, 2.24) is 10.5 Å². The van der Waals surface area contributed by atoms with Crippen LogP contribution in [0.15, 0.2) is 34.9 Å². The second-order valence-corrected chi connectivity index (χ2v) is 4.55. The van der Waals surface area contributed by atoms with E-state index in [1.165, 1.54) is 7.11 Å². The van der Waals surface area contributed by atoms with Crippen LogP contribution in [0.1, 0.15) is 22.6 Å². The van der Waals surface area contributed by atoms with Crippen molar-refractivity contribution >= 4 is 5.97 Å². The van der Waals surface area contributed by atoms with Gasteiger partial charge in [-0.15, -0.1) is 0 Å². The predicted molar refractivity (Wildman–Crippen MR) is 73.9 cm³/mol. The summed E-state index contributed by atoms with van der Waals surface area (Å²) in [5.41, 5.74) is 2.93. The molecule has 0 aliphatic heterocycles. The molecule has 0 spiro atoms. The fraction of sp³-hybridized carbons (Fsp3) is 0.333. The maximum absolute atomic E-state index is 11.4. The van der Waals surface area contributed by atoms with Crippen molar-refractivity contribution in [2.75, 3.05) is 7.11 Å². The number of nitrogens with zero attached hydrogens (tertiary/aromatic N) is 1. The van der Waals surface area contributed by atoms with Gasteiger partial charge in [0.1, 0.15) is 5.76 Å². The molecular formula is C15H18N2O3. The van der Waals surface area contributed by atoms with E-state index in [-0.39, 0.29) is 12.4 Å². The Morgan fingerprint density at radius 3 is 2.70 bits per heavy atom. The monoisotopic (exact) mass is 274 g/mol. The van der Waals surface area contributed by atoms with Gasteiger partial charge in [0.2, 0.25) is 0 Å². The lowest BCUT2D eigenvalue weighted by atomic mass is 10.0. The number of methoxy groups -OCH3 is 1. The van der Waals surface area contributed by atoms with Crippen molar-refractivity contribution in [2.45, 2.75) is 26.4 Å². The highest BCUT2D eigenvalue weighted by Crippen LogP contribution is 2.10. The van der Waals surface area contributed by atoms with Gasteiger partial charge in [0.05, 0.1) is 19.2 Å². The normalized spacial score (nSPS) is 10.5. The first-order valence-corrected chi connectivity index (χ1v) is 6.45. The fourth-order valence-electron chi connectivity index (χ4n) is 1.96. The summed E-state index contributed by atoms with van der Waals surface area (Å²) >= 11 is 0. The molecule has 106 valence electrons. The van der Waals surface area contributed by atoms with Gasteiger partial charge in [-0.2, -0.15) is 0 Å². The largest absolute Gasteiger partial charge is 0.469 e. The first-order chi connectivity index (χ1) is 9.69. The van der Waals surface area contributed by atoms with E-state index in [0.717, 1.165) is 22.6 Å². The molecular weight excluding hydrogens is 256 g/mol. The molecule has 5 heteroatoms. The Bertz CT molecular complexity index is 578. The molecule has 0 fully saturated rings. The zero-order valence-corrected chi connectivity index (χ0v) is 11.7. The third-order valence-electron chi connectivity index (χ3n) is 2.98. The number of rotatable bonds is 6. The average molecular weight is 274 g/mol. The molecule has 0 amide bonds. The molecule has 20 heavy (non-hydrogen) atoms. The van der Waals surface area contributed by atoms with Gasteiger partial charge in [0, 0.05) is 19.2 Å². The summed E-state index contributed by atoms with van der Waals surface area (Å²) in [6.07, 6.45) is 0.289.